The molecule has 0 N–H and O–H groups in total. The summed E-state index contributed by atoms with van der Waals surface area (Å²) in [6.07, 6.45) is 5.28. The van der Waals surface area contributed by atoms with E-state index in [2.05, 4.69) is 6.58 Å². The third-order valence-corrected chi connectivity index (χ3v) is 3.63. The number of carbonyl (C=O) groups is 1. The Morgan fingerprint density at radius 2 is 1.79 bits per heavy atom. The van der Waals surface area contributed by atoms with Gasteiger partial charge in [0.05, 0.1) is 5.57 Å². The maximum absolute atomic E-state index is 12.1. The largest absolute Gasteiger partial charge is 0.490 e. The zero-order valence-corrected chi connectivity index (χ0v) is 13.5. The Labute approximate surface area is 141 Å². The maximum atomic E-state index is 12.1. The molecule has 0 unspecified atom stereocenters. The van der Waals surface area contributed by atoms with Crippen molar-refractivity contribution in [3.8, 4) is 5.75 Å². The van der Waals surface area contributed by atoms with Gasteiger partial charge in [-0.25, -0.2) is 4.79 Å². The van der Waals surface area contributed by atoms with Gasteiger partial charge in [-0.2, -0.15) is 0 Å². The van der Waals surface area contributed by atoms with Crippen molar-refractivity contribution in [2.75, 3.05) is 6.61 Å². The van der Waals surface area contributed by atoms with E-state index >= 15 is 0 Å². The van der Waals surface area contributed by atoms with Gasteiger partial charge in [-0.05, 0) is 36.8 Å². The van der Waals surface area contributed by atoms with Crippen LogP contribution in [0.15, 0.2) is 72.8 Å². The van der Waals surface area contributed by atoms with Crippen LogP contribution < -0.4 is 4.74 Å². The van der Waals surface area contributed by atoms with Gasteiger partial charge in [0, 0.05) is 5.56 Å². The highest BCUT2D eigenvalue weighted by atomic mass is 16.5. The van der Waals surface area contributed by atoms with Crippen LogP contribution >= 0.6 is 0 Å². The molecule has 3 nitrogen and oxygen atoms in total. The Hall–Kier alpha value is -3.07. The Balaban J connectivity index is 1.80. The summed E-state index contributed by atoms with van der Waals surface area (Å²) >= 11 is 0. The number of carbonyl (C=O) groups excluding carboxylic acids is 1. The molecule has 0 saturated heterocycles. The smallest absolute Gasteiger partial charge is 0.343 e. The molecular formula is C21H18O3. The second-order valence-electron chi connectivity index (χ2n) is 5.53. The number of cyclic esters (lactones) is 1. The summed E-state index contributed by atoms with van der Waals surface area (Å²) < 4.78 is 10.8. The lowest BCUT2D eigenvalue weighted by atomic mass is 10.1. The summed E-state index contributed by atoms with van der Waals surface area (Å²) in [5.74, 6) is 1.01. The molecule has 0 amide bonds. The first kappa shape index (κ1) is 15.8. The lowest BCUT2D eigenvalue weighted by Gasteiger charge is -2.03. The van der Waals surface area contributed by atoms with E-state index in [0.717, 1.165) is 16.9 Å². The molecular weight excluding hydrogens is 300 g/mol. The number of ether oxygens (including phenoxy) is 2. The van der Waals surface area contributed by atoms with Gasteiger partial charge >= 0.3 is 5.97 Å². The van der Waals surface area contributed by atoms with Crippen molar-refractivity contribution < 1.29 is 14.3 Å². The van der Waals surface area contributed by atoms with Gasteiger partial charge in [0.2, 0.25) is 0 Å². The third kappa shape index (κ3) is 3.63. The third-order valence-electron chi connectivity index (χ3n) is 3.63. The number of esters is 1. The fraction of sp³-hybridized carbons (Fsp3) is 0.0952. The van der Waals surface area contributed by atoms with E-state index in [1.54, 1.807) is 18.2 Å². The van der Waals surface area contributed by atoms with Gasteiger partial charge in [-0.1, -0.05) is 54.6 Å². The number of aryl methyl sites for hydroxylation is 1. The average molecular weight is 318 g/mol. The molecule has 120 valence electrons. The van der Waals surface area contributed by atoms with Crippen LogP contribution in [0.25, 0.3) is 11.8 Å². The van der Waals surface area contributed by atoms with E-state index < -0.39 is 0 Å². The lowest BCUT2D eigenvalue weighted by Crippen LogP contribution is -1.97. The summed E-state index contributed by atoms with van der Waals surface area (Å²) in [5.41, 5.74) is 3.50. The quantitative estimate of drug-likeness (QED) is 0.461. The average Bonchev–Trinajstić information content (AvgIpc) is 2.95. The van der Waals surface area contributed by atoms with Gasteiger partial charge in [0.15, 0.2) is 0 Å². The predicted molar refractivity (Wildman–Crippen MR) is 95.4 cm³/mol. The first-order valence-electron chi connectivity index (χ1n) is 7.72. The minimum absolute atomic E-state index is 0.336. The van der Waals surface area contributed by atoms with Crippen LogP contribution in [0.2, 0.25) is 0 Å². The predicted octanol–water partition coefficient (Wildman–Crippen LogP) is 4.54. The first-order chi connectivity index (χ1) is 11.7. The fourth-order valence-corrected chi connectivity index (χ4v) is 2.34. The first-order valence-corrected chi connectivity index (χ1v) is 7.72. The van der Waals surface area contributed by atoms with Crippen LogP contribution in [0, 0.1) is 6.92 Å². The van der Waals surface area contributed by atoms with E-state index in [1.807, 2.05) is 55.5 Å². The van der Waals surface area contributed by atoms with Crippen LogP contribution in [0.5, 0.6) is 5.75 Å². The van der Waals surface area contributed by atoms with Crippen LogP contribution in [0.4, 0.5) is 0 Å². The van der Waals surface area contributed by atoms with Crippen LogP contribution in [-0.4, -0.2) is 12.6 Å². The van der Waals surface area contributed by atoms with E-state index in [0.29, 0.717) is 17.9 Å². The van der Waals surface area contributed by atoms with Crippen molar-refractivity contribution in [2.24, 2.45) is 0 Å². The summed E-state index contributed by atoms with van der Waals surface area (Å²) in [7, 11) is 0. The highest BCUT2D eigenvalue weighted by Gasteiger charge is 2.21. The molecule has 2 aromatic carbocycles. The van der Waals surface area contributed by atoms with Crippen molar-refractivity contribution in [1.29, 1.82) is 0 Å². The molecule has 0 fully saturated rings. The monoisotopic (exact) mass is 318 g/mol. The zero-order valence-electron chi connectivity index (χ0n) is 13.5. The van der Waals surface area contributed by atoms with Gasteiger partial charge in [-0.15, -0.1) is 0 Å². The lowest BCUT2D eigenvalue weighted by molar-refractivity contribution is -0.130. The van der Waals surface area contributed by atoms with E-state index in [9.17, 15) is 4.79 Å². The minimum Gasteiger partial charge on any atom is -0.490 e. The second kappa shape index (κ2) is 7.01. The van der Waals surface area contributed by atoms with Crippen molar-refractivity contribution in [3.05, 3.63) is 89.5 Å². The molecule has 0 aromatic heterocycles. The normalized spacial score (nSPS) is 15.1. The van der Waals surface area contributed by atoms with Crippen LogP contribution in [0.1, 0.15) is 16.7 Å². The molecule has 0 spiro atoms. The number of benzene rings is 2. The Morgan fingerprint density at radius 1 is 1.08 bits per heavy atom. The summed E-state index contributed by atoms with van der Waals surface area (Å²) in [5, 5.41) is 0. The fourth-order valence-electron chi connectivity index (χ4n) is 2.34. The standard InChI is InChI=1S/C21H18O3/c1-3-12-23-19-10-6-16(7-11-19)13-18-14-20(24-21(18)22)17-8-4-15(2)5-9-17/h3-11,13-14H,1,12H2,2H3/b18-13-. The molecule has 0 saturated carbocycles. The van der Waals surface area contributed by atoms with Gasteiger partial charge in [0.25, 0.3) is 0 Å². The van der Waals surface area contributed by atoms with Gasteiger partial charge in [-0.3, -0.25) is 0 Å². The molecule has 1 aliphatic rings. The molecule has 24 heavy (non-hydrogen) atoms. The summed E-state index contributed by atoms with van der Waals surface area (Å²) in [6, 6.07) is 15.4. The summed E-state index contributed by atoms with van der Waals surface area (Å²) in [6.45, 7) is 6.10. The number of hydrogen-bond donors (Lipinski definition) is 0. The number of hydrogen-bond acceptors (Lipinski definition) is 3. The van der Waals surface area contributed by atoms with Crippen molar-refractivity contribution in [2.45, 2.75) is 6.92 Å². The van der Waals surface area contributed by atoms with E-state index in [4.69, 9.17) is 9.47 Å². The van der Waals surface area contributed by atoms with Crippen molar-refractivity contribution in [1.82, 2.24) is 0 Å². The SMILES string of the molecule is C=CCOc1ccc(/C=C2/C=C(c3ccc(C)cc3)OC2=O)cc1. The molecule has 1 aliphatic heterocycles. The van der Waals surface area contributed by atoms with Crippen molar-refractivity contribution >= 4 is 17.8 Å². The maximum Gasteiger partial charge on any atom is 0.343 e. The minimum atomic E-state index is -0.336. The van der Waals surface area contributed by atoms with E-state index in [1.165, 1.54) is 5.56 Å². The van der Waals surface area contributed by atoms with Gasteiger partial charge < -0.3 is 9.47 Å². The van der Waals surface area contributed by atoms with Crippen LogP contribution in [-0.2, 0) is 9.53 Å². The highest BCUT2D eigenvalue weighted by Crippen LogP contribution is 2.27. The Kier molecular flexibility index (Phi) is 4.62. The molecule has 2 aromatic rings. The summed E-state index contributed by atoms with van der Waals surface area (Å²) in [4.78, 5) is 12.1. The molecule has 0 radical (unpaired) electrons. The van der Waals surface area contributed by atoms with Crippen molar-refractivity contribution in [3.63, 3.8) is 0 Å². The molecule has 3 heteroatoms. The number of rotatable bonds is 5. The van der Waals surface area contributed by atoms with E-state index in [-0.39, 0.29) is 5.97 Å². The van der Waals surface area contributed by atoms with Gasteiger partial charge in [0.1, 0.15) is 18.1 Å². The highest BCUT2D eigenvalue weighted by molar-refractivity contribution is 6.05. The Bertz CT molecular complexity index is 809. The zero-order chi connectivity index (χ0) is 16.9. The Morgan fingerprint density at radius 3 is 2.46 bits per heavy atom. The van der Waals surface area contributed by atoms with Crippen LogP contribution in [0.3, 0.4) is 0 Å². The molecule has 3 rings (SSSR count). The molecule has 0 bridgehead atoms. The molecule has 1 heterocycles. The second-order valence-corrected chi connectivity index (χ2v) is 5.53. The molecule has 0 aliphatic carbocycles. The molecule has 0 atom stereocenters. The topological polar surface area (TPSA) is 35.5 Å².